The van der Waals surface area contributed by atoms with Gasteiger partial charge in [-0.3, -0.25) is 0 Å². The molecular formula is C15H25N3. The summed E-state index contributed by atoms with van der Waals surface area (Å²) in [5, 5.41) is 0. The third kappa shape index (κ3) is 4.78. The van der Waals surface area contributed by atoms with Crippen LogP contribution in [-0.2, 0) is 0 Å². The highest BCUT2D eigenvalue weighted by molar-refractivity contribution is 5.48. The molecule has 0 bridgehead atoms. The average Bonchev–Trinajstić information content (AvgIpc) is 2.28. The molecule has 0 saturated carbocycles. The average molecular weight is 247 g/mol. The van der Waals surface area contributed by atoms with Crippen molar-refractivity contribution in [3.63, 3.8) is 0 Å². The number of nitrogens with two attached hydrogens (primary N) is 1. The molecule has 1 aromatic heterocycles. The first kappa shape index (κ1) is 14.6. The fraction of sp³-hybridized carbons (Fsp3) is 0.533. The molecule has 0 aliphatic heterocycles. The van der Waals surface area contributed by atoms with Crippen LogP contribution in [0.15, 0.2) is 31.0 Å². The Morgan fingerprint density at radius 1 is 1.39 bits per heavy atom. The SMILES string of the molecule is C=CCN(CC(C)CC(C)C)c1ccc(N)nc1. The Kier molecular flexibility index (Phi) is 5.69. The minimum absolute atomic E-state index is 0.563. The zero-order valence-electron chi connectivity index (χ0n) is 11.8. The molecule has 0 aliphatic rings. The van der Waals surface area contributed by atoms with Gasteiger partial charge in [-0.05, 0) is 30.4 Å². The van der Waals surface area contributed by atoms with Crippen molar-refractivity contribution in [3.05, 3.63) is 31.0 Å². The van der Waals surface area contributed by atoms with Gasteiger partial charge < -0.3 is 10.6 Å². The molecule has 0 spiro atoms. The molecular weight excluding hydrogens is 222 g/mol. The fourth-order valence-electron chi connectivity index (χ4n) is 2.28. The van der Waals surface area contributed by atoms with E-state index >= 15 is 0 Å². The van der Waals surface area contributed by atoms with Crippen molar-refractivity contribution >= 4 is 11.5 Å². The molecule has 0 fully saturated rings. The van der Waals surface area contributed by atoms with E-state index in [1.807, 2.05) is 24.4 Å². The standard InChI is InChI=1S/C15H25N3/c1-5-8-18(11-13(4)9-12(2)3)14-6-7-15(16)17-10-14/h5-7,10,12-13H,1,8-9,11H2,2-4H3,(H2,16,17). The molecule has 0 aliphatic carbocycles. The molecule has 3 nitrogen and oxygen atoms in total. The molecule has 1 rings (SSSR count). The van der Waals surface area contributed by atoms with Crippen LogP contribution in [-0.4, -0.2) is 18.1 Å². The molecule has 0 saturated heterocycles. The van der Waals surface area contributed by atoms with E-state index in [-0.39, 0.29) is 0 Å². The Labute approximate surface area is 111 Å². The first-order valence-corrected chi connectivity index (χ1v) is 6.60. The molecule has 100 valence electrons. The topological polar surface area (TPSA) is 42.1 Å². The Morgan fingerprint density at radius 3 is 2.61 bits per heavy atom. The number of hydrogen-bond acceptors (Lipinski definition) is 3. The number of aromatic nitrogens is 1. The van der Waals surface area contributed by atoms with Gasteiger partial charge in [-0.15, -0.1) is 6.58 Å². The highest BCUT2D eigenvalue weighted by Gasteiger charge is 2.11. The molecule has 1 atom stereocenters. The van der Waals surface area contributed by atoms with Crippen LogP contribution in [0.2, 0.25) is 0 Å². The van der Waals surface area contributed by atoms with E-state index in [0.717, 1.165) is 24.7 Å². The first-order valence-electron chi connectivity index (χ1n) is 6.60. The fourth-order valence-corrected chi connectivity index (χ4v) is 2.28. The molecule has 0 amide bonds. The Bertz CT molecular complexity index is 357. The Hall–Kier alpha value is -1.51. The summed E-state index contributed by atoms with van der Waals surface area (Å²) in [5.41, 5.74) is 6.73. The van der Waals surface area contributed by atoms with Crippen molar-refractivity contribution in [1.29, 1.82) is 0 Å². The third-order valence-corrected chi connectivity index (χ3v) is 2.89. The molecule has 0 aromatic carbocycles. The lowest BCUT2D eigenvalue weighted by molar-refractivity contribution is 0.438. The van der Waals surface area contributed by atoms with Crippen LogP contribution in [0.4, 0.5) is 11.5 Å². The van der Waals surface area contributed by atoms with E-state index in [1.165, 1.54) is 6.42 Å². The van der Waals surface area contributed by atoms with Gasteiger partial charge in [0.05, 0.1) is 11.9 Å². The van der Waals surface area contributed by atoms with Crippen LogP contribution in [0.5, 0.6) is 0 Å². The van der Waals surface area contributed by atoms with Gasteiger partial charge in [0.15, 0.2) is 0 Å². The predicted molar refractivity (Wildman–Crippen MR) is 79.7 cm³/mol. The normalized spacial score (nSPS) is 12.4. The highest BCUT2D eigenvalue weighted by Crippen LogP contribution is 2.18. The summed E-state index contributed by atoms with van der Waals surface area (Å²) in [7, 11) is 0. The molecule has 1 heterocycles. The zero-order chi connectivity index (χ0) is 13.5. The van der Waals surface area contributed by atoms with Crippen molar-refractivity contribution in [2.45, 2.75) is 27.2 Å². The van der Waals surface area contributed by atoms with Crippen molar-refractivity contribution in [2.24, 2.45) is 11.8 Å². The van der Waals surface area contributed by atoms with Crippen LogP contribution in [0.1, 0.15) is 27.2 Å². The summed E-state index contributed by atoms with van der Waals surface area (Å²) in [5.74, 6) is 1.95. The minimum atomic E-state index is 0.563. The Morgan fingerprint density at radius 2 is 2.11 bits per heavy atom. The minimum Gasteiger partial charge on any atom is -0.384 e. The zero-order valence-corrected chi connectivity index (χ0v) is 11.8. The second-order valence-corrected chi connectivity index (χ2v) is 5.37. The number of anilines is 2. The lowest BCUT2D eigenvalue weighted by atomic mass is 9.98. The van der Waals surface area contributed by atoms with Gasteiger partial charge in [0, 0.05) is 13.1 Å². The van der Waals surface area contributed by atoms with Gasteiger partial charge in [0.1, 0.15) is 5.82 Å². The van der Waals surface area contributed by atoms with Gasteiger partial charge >= 0.3 is 0 Å². The van der Waals surface area contributed by atoms with Crippen molar-refractivity contribution in [3.8, 4) is 0 Å². The highest BCUT2D eigenvalue weighted by atomic mass is 15.1. The molecule has 1 aromatic rings. The summed E-state index contributed by atoms with van der Waals surface area (Å²) < 4.78 is 0. The van der Waals surface area contributed by atoms with E-state index in [2.05, 4.69) is 37.2 Å². The van der Waals surface area contributed by atoms with Gasteiger partial charge in [-0.1, -0.05) is 26.8 Å². The van der Waals surface area contributed by atoms with E-state index in [1.54, 1.807) is 0 Å². The van der Waals surface area contributed by atoms with Crippen LogP contribution in [0.3, 0.4) is 0 Å². The van der Waals surface area contributed by atoms with Gasteiger partial charge in [0.2, 0.25) is 0 Å². The summed E-state index contributed by atoms with van der Waals surface area (Å²) in [6.45, 7) is 12.5. The van der Waals surface area contributed by atoms with Crippen LogP contribution >= 0.6 is 0 Å². The first-order chi connectivity index (χ1) is 8.52. The van der Waals surface area contributed by atoms with Crippen molar-refractivity contribution < 1.29 is 0 Å². The summed E-state index contributed by atoms with van der Waals surface area (Å²) in [6.07, 6.45) is 5.00. The van der Waals surface area contributed by atoms with E-state index in [9.17, 15) is 0 Å². The lowest BCUT2D eigenvalue weighted by Crippen LogP contribution is -2.29. The quantitative estimate of drug-likeness (QED) is 0.751. The molecule has 1 unspecified atom stereocenters. The van der Waals surface area contributed by atoms with Gasteiger partial charge in [-0.25, -0.2) is 4.98 Å². The van der Waals surface area contributed by atoms with Crippen molar-refractivity contribution in [1.82, 2.24) is 4.98 Å². The maximum absolute atomic E-state index is 5.62. The molecule has 2 N–H and O–H groups in total. The Balaban J connectivity index is 2.70. The second-order valence-electron chi connectivity index (χ2n) is 5.37. The van der Waals surface area contributed by atoms with Crippen molar-refractivity contribution in [2.75, 3.05) is 23.7 Å². The number of nitrogens with zero attached hydrogens (tertiary/aromatic N) is 2. The van der Waals surface area contributed by atoms with Crippen LogP contribution in [0.25, 0.3) is 0 Å². The number of rotatable bonds is 7. The monoisotopic (exact) mass is 247 g/mol. The summed E-state index contributed by atoms with van der Waals surface area (Å²) >= 11 is 0. The third-order valence-electron chi connectivity index (χ3n) is 2.89. The molecule has 3 heteroatoms. The number of nitrogen functional groups attached to an aromatic ring is 1. The van der Waals surface area contributed by atoms with E-state index < -0.39 is 0 Å². The number of pyridine rings is 1. The maximum atomic E-state index is 5.62. The largest absolute Gasteiger partial charge is 0.384 e. The van der Waals surface area contributed by atoms with Gasteiger partial charge in [-0.2, -0.15) is 0 Å². The number of hydrogen-bond donors (Lipinski definition) is 1. The second kappa shape index (κ2) is 7.04. The molecule has 0 radical (unpaired) electrons. The molecule has 18 heavy (non-hydrogen) atoms. The maximum Gasteiger partial charge on any atom is 0.123 e. The smallest absolute Gasteiger partial charge is 0.123 e. The predicted octanol–water partition coefficient (Wildman–Crippen LogP) is 3.34. The summed E-state index contributed by atoms with van der Waals surface area (Å²) in [6, 6.07) is 3.87. The van der Waals surface area contributed by atoms with E-state index in [4.69, 9.17) is 5.73 Å². The lowest BCUT2D eigenvalue weighted by Gasteiger charge is -2.27. The van der Waals surface area contributed by atoms with Gasteiger partial charge in [0.25, 0.3) is 0 Å². The summed E-state index contributed by atoms with van der Waals surface area (Å²) in [4.78, 5) is 6.45. The van der Waals surface area contributed by atoms with E-state index in [0.29, 0.717) is 11.7 Å². The van der Waals surface area contributed by atoms with Crippen LogP contribution in [0, 0.1) is 11.8 Å². The van der Waals surface area contributed by atoms with Crippen LogP contribution < -0.4 is 10.6 Å².